The predicted molar refractivity (Wildman–Crippen MR) is 107 cm³/mol. The Bertz CT molecular complexity index is 939. The number of aromatic nitrogens is 2. The molecule has 0 saturated heterocycles. The normalized spacial score (nSPS) is 12.2. The third-order valence-corrected chi connectivity index (χ3v) is 4.88. The second-order valence-electron chi connectivity index (χ2n) is 6.92. The molecule has 0 saturated carbocycles. The third kappa shape index (κ3) is 4.64. The van der Waals surface area contributed by atoms with Gasteiger partial charge in [-0.15, -0.1) is 0 Å². The minimum Gasteiger partial charge on any atom is -0.351 e. The highest BCUT2D eigenvalue weighted by Crippen LogP contribution is 2.17. The van der Waals surface area contributed by atoms with Crippen LogP contribution in [0.25, 0.3) is 5.69 Å². The molecule has 3 rings (SSSR count). The molecule has 0 spiro atoms. The van der Waals surface area contributed by atoms with Crippen molar-refractivity contribution in [1.29, 1.82) is 0 Å². The van der Waals surface area contributed by atoms with E-state index in [1.54, 1.807) is 23.0 Å². The van der Waals surface area contributed by atoms with Crippen molar-refractivity contribution >= 4 is 5.91 Å². The first-order chi connectivity index (χ1) is 13.5. The Kier molecular flexibility index (Phi) is 6.21. The lowest BCUT2D eigenvalue weighted by Crippen LogP contribution is -2.42. The fraction of sp³-hybridized carbons (Fsp3) is 0.273. The first kappa shape index (κ1) is 19.8. The van der Waals surface area contributed by atoms with E-state index >= 15 is 0 Å². The molecule has 1 aromatic heterocycles. The number of carbonyl (C=O) groups is 1. The maximum absolute atomic E-state index is 14.5. The highest BCUT2D eigenvalue weighted by Gasteiger charge is 2.18. The second kappa shape index (κ2) is 8.80. The molecule has 5 nitrogen and oxygen atoms in total. The molecule has 1 heterocycles. The van der Waals surface area contributed by atoms with Gasteiger partial charge < -0.3 is 9.88 Å². The van der Waals surface area contributed by atoms with Gasteiger partial charge >= 0.3 is 0 Å². The molecule has 1 atom stereocenters. The summed E-state index contributed by atoms with van der Waals surface area (Å²) in [5.41, 5.74) is 2.31. The van der Waals surface area contributed by atoms with Crippen LogP contribution in [0.5, 0.6) is 0 Å². The Labute approximate surface area is 164 Å². The summed E-state index contributed by atoms with van der Waals surface area (Å²) >= 11 is 0. The Hall–Kier alpha value is -2.99. The van der Waals surface area contributed by atoms with Crippen LogP contribution in [0.4, 0.5) is 4.39 Å². The summed E-state index contributed by atoms with van der Waals surface area (Å²) in [5, 5.41) is 2.89. The number of imidazole rings is 1. The van der Waals surface area contributed by atoms with Crippen LogP contribution in [0.2, 0.25) is 0 Å². The Morgan fingerprint density at radius 3 is 2.61 bits per heavy atom. The number of rotatable bonds is 7. The third-order valence-electron chi connectivity index (χ3n) is 4.88. The summed E-state index contributed by atoms with van der Waals surface area (Å²) in [6.07, 6.45) is 3.36. The molecule has 1 amide bonds. The molecule has 3 aromatic rings. The van der Waals surface area contributed by atoms with Gasteiger partial charge in [0.1, 0.15) is 11.6 Å². The molecule has 1 N–H and O–H groups in total. The second-order valence-corrected chi connectivity index (χ2v) is 6.92. The Morgan fingerprint density at radius 1 is 1.21 bits per heavy atom. The molecule has 0 unspecified atom stereocenters. The number of likely N-dealkylation sites (N-methyl/N-ethyl adjacent to an activating group) is 1. The van der Waals surface area contributed by atoms with Crippen LogP contribution in [0.3, 0.4) is 0 Å². The average Bonchev–Trinajstić information content (AvgIpc) is 3.12. The topological polar surface area (TPSA) is 50.2 Å². The smallest absolute Gasteiger partial charge is 0.237 e. The Morgan fingerprint density at radius 2 is 1.96 bits per heavy atom. The minimum absolute atomic E-state index is 0.0895. The molecular formula is C22H25FN4O. The first-order valence-corrected chi connectivity index (χ1v) is 9.26. The molecule has 0 aliphatic heterocycles. The zero-order chi connectivity index (χ0) is 20.1. The molecule has 6 heteroatoms. The lowest BCUT2D eigenvalue weighted by Gasteiger charge is -2.24. The van der Waals surface area contributed by atoms with E-state index in [9.17, 15) is 9.18 Å². The van der Waals surface area contributed by atoms with Crippen LogP contribution in [-0.4, -0.2) is 33.4 Å². The fourth-order valence-electron chi connectivity index (χ4n) is 3.03. The zero-order valence-corrected chi connectivity index (χ0v) is 16.4. The van der Waals surface area contributed by atoms with E-state index in [4.69, 9.17) is 0 Å². The number of nitrogens with one attached hydrogen (secondary N) is 1. The van der Waals surface area contributed by atoms with Crippen molar-refractivity contribution in [3.05, 3.63) is 83.7 Å². The molecule has 28 heavy (non-hydrogen) atoms. The number of benzene rings is 2. The van der Waals surface area contributed by atoms with E-state index in [1.807, 2.05) is 62.2 Å². The van der Waals surface area contributed by atoms with Crippen molar-refractivity contribution in [2.45, 2.75) is 33.0 Å². The largest absolute Gasteiger partial charge is 0.351 e. The van der Waals surface area contributed by atoms with Gasteiger partial charge in [-0.05, 0) is 44.2 Å². The summed E-state index contributed by atoms with van der Waals surface area (Å²) in [4.78, 5) is 18.6. The molecule has 146 valence electrons. The number of hydrogen-bond donors (Lipinski definition) is 1. The minimum atomic E-state index is -0.345. The summed E-state index contributed by atoms with van der Waals surface area (Å²) in [7, 11) is 1.92. The summed E-state index contributed by atoms with van der Waals surface area (Å²) in [6.45, 7) is 4.65. The number of nitrogens with zero attached hydrogens (tertiary/aromatic N) is 3. The fourth-order valence-corrected chi connectivity index (χ4v) is 3.03. The zero-order valence-electron chi connectivity index (χ0n) is 16.4. The average molecular weight is 380 g/mol. The standard InChI is InChI=1S/C22H25FN4O/c1-16(26(3)15-18-7-5-4-6-8-18)22(28)25-14-19-9-10-21(20(23)13-19)27-12-11-24-17(27)2/h4-13,16H,14-15H2,1-3H3,(H,25,28)/t16-/m0/s1. The number of halogens is 1. The van der Waals surface area contributed by atoms with Gasteiger partial charge in [0.2, 0.25) is 5.91 Å². The van der Waals surface area contributed by atoms with Crippen molar-refractivity contribution in [2.75, 3.05) is 7.05 Å². The lowest BCUT2D eigenvalue weighted by atomic mass is 10.1. The van der Waals surface area contributed by atoms with E-state index in [1.165, 1.54) is 6.07 Å². The van der Waals surface area contributed by atoms with Crippen LogP contribution in [0.1, 0.15) is 23.9 Å². The number of amides is 1. The van der Waals surface area contributed by atoms with E-state index in [0.29, 0.717) is 17.8 Å². The molecular weight excluding hydrogens is 355 g/mol. The monoisotopic (exact) mass is 380 g/mol. The van der Waals surface area contributed by atoms with Crippen LogP contribution >= 0.6 is 0 Å². The quantitative estimate of drug-likeness (QED) is 0.683. The van der Waals surface area contributed by atoms with Gasteiger partial charge in [-0.2, -0.15) is 0 Å². The number of hydrogen-bond acceptors (Lipinski definition) is 3. The highest BCUT2D eigenvalue weighted by atomic mass is 19.1. The first-order valence-electron chi connectivity index (χ1n) is 9.26. The molecule has 0 aliphatic rings. The SMILES string of the molecule is Cc1nccn1-c1ccc(CNC(=O)[C@H](C)N(C)Cc2ccccc2)cc1F. The van der Waals surface area contributed by atoms with Gasteiger partial charge in [0.05, 0.1) is 11.7 Å². The van der Waals surface area contributed by atoms with E-state index in [-0.39, 0.29) is 24.3 Å². The van der Waals surface area contributed by atoms with Crippen molar-refractivity contribution in [3.63, 3.8) is 0 Å². The van der Waals surface area contributed by atoms with E-state index in [2.05, 4.69) is 10.3 Å². The number of aryl methyl sites for hydroxylation is 1. The van der Waals surface area contributed by atoms with Gasteiger partial charge in [-0.25, -0.2) is 9.37 Å². The van der Waals surface area contributed by atoms with Gasteiger partial charge in [0.15, 0.2) is 0 Å². The van der Waals surface area contributed by atoms with Crippen LogP contribution < -0.4 is 5.32 Å². The van der Waals surface area contributed by atoms with Crippen molar-refractivity contribution < 1.29 is 9.18 Å². The maximum Gasteiger partial charge on any atom is 0.237 e. The van der Waals surface area contributed by atoms with Crippen LogP contribution in [0, 0.1) is 12.7 Å². The summed E-state index contributed by atoms with van der Waals surface area (Å²) in [6, 6.07) is 14.7. The van der Waals surface area contributed by atoms with E-state index < -0.39 is 0 Å². The van der Waals surface area contributed by atoms with Crippen molar-refractivity contribution in [2.24, 2.45) is 0 Å². The van der Waals surface area contributed by atoms with Gasteiger partial charge in [0.25, 0.3) is 0 Å². The number of carbonyl (C=O) groups excluding carboxylic acids is 1. The summed E-state index contributed by atoms with van der Waals surface area (Å²) < 4.78 is 16.2. The maximum atomic E-state index is 14.5. The van der Waals surface area contributed by atoms with Gasteiger partial charge in [0, 0.05) is 25.5 Å². The van der Waals surface area contributed by atoms with Crippen molar-refractivity contribution in [1.82, 2.24) is 19.8 Å². The molecule has 0 fully saturated rings. The van der Waals surface area contributed by atoms with Crippen LogP contribution in [-0.2, 0) is 17.9 Å². The van der Waals surface area contributed by atoms with E-state index in [0.717, 1.165) is 11.4 Å². The molecule has 0 aliphatic carbocycles. The molecule has 0 bridgehead atoms. The molecule has 2 aromatic carbocycles. The predicted octanol–water partition coefficient (Wildman–Crippen LogP) is 3.46. The van der Waals surface area contributed by atoms with Gasteiger partial charge in [-0.1, -0.05) is 36.4 Å². The van der Waals surface area contributed by atoms with Crippen molar-refractivity contribution in [3.8, 4) is 5.69 Å². The lowest BCUT2D eigenvalue weighted by molar-refractivity contribution is -0.125. The van der Waals surface area contributed by atoms with Crippen LogP contribution in [0.15, 0.2) is 60.9 Å². The molecule has 0 radical (unpaired) electrons. The van der Waals surface area contributed by atoms with Gasteiger partial charge in [-0.3, -0.25) is 9.69 Å². The highest BCUT2D eigenvalue weighted by molar-refractivity contribution is 5.81. The Balaban J connectivity index is 1.58. The summed E-state index contributed by atoms with van der Waals surface area (Å²) in [5.74, 6) is 0.283.